The number of aromatic nitrogens is 2. The Hall–Kier alpha value is -1.77. The van der Waals surface area contributed by atoms with Gasteiger partial charge in [0, 0.05) is 12.4 Å². The van der Waals surface area contributed by atoms with Gasteiger partial charge in [0.15, 0.2) is 0 Å². The van der Waals surface area contributed by atoms with Crippen molar-refractivity contribution in [3.63, 3.8) is 0 Å². The minimum absolute atomic E-state index is 0.117. The fourth-order valence-corrected chi connectivity index (χ4v) is 2.05. The van der Waals surface area contributed by atoms with Crippen molar-refractivity contribution in [1.82, 2.24) is 9.55 Å². The summed E-state index contributed by atoms with van der Waals surface area (Å²) in [5.41, 5.74) is 3.60. The molecule has 96 valence electrons. The fraction of sp³-hybridized carbons (Fsp3) is 0.400. The molecule has 3 heteroatoms. The maximum atomic E-state index is 5.52. The molecule has 0 atom stereocenters. The second-order valence-corrected chi connectivity index (χ2v) is 5.57. The number of hydrogen-bond donors (Lipinski definition) is 0. The Bertz CT molecular complexity index is 536. The highest BCUT2D eigenvalue weighted by atomic mass is 16.5. The summed E-state index contributed by atoms with van der Waals surface area (Å²) in [5.74, 6) is 0.904. The summed E-state index contributed by atoms with van der Waals surface area (Å²) < 4.78 is 7.51. The van der Waals surface area contributed by atoms with E-state index >= 15 is 0 Å². The molecule has 0 fully saturated rings. The van der Waals surface area contributed by atoms with Crippen molar-refractivity contribution >= 4 is 0 Å². The van der Waals surface area contributed by atoms with E-state index in [0.717, 1.165) is 17.0 Å². The Morgan fingerprint density at radius 3 is 2.44 bits per heavy atom. The summed E-state index contributed by atoms with van der Waals surface area (Å²) in [6.45, 7) is 8.72. The Morgan fingerprint density at radius 2 is 1.94 bits per heavy atom. The van der Waals surface area contributed by atoms with Crippen molar-refractivity contribution in [1.29, 1.82) is 0 Å². The van der Waals surface area contributed by atoms with E-state index in [2.05, 4.69) is 44.8 Å². The van der Waals surface area contributed by atoms with E-state index in [1.807, 2.05) is 10.8 Å². The van der Waals surface area contributed by atoms with Crippen LogP contribution in [-0.4, -0.2) is 16.7 Å². The van der Waals surface area contributed by atoms with Gasteiger partial charge in [0.1, 0.15) is 5.75 Å². The SMILES string of the molecule is COc1c(C)cc(C(C)(C)C)cc1-n1ccnc1. The molecule has 0 N–H and O–H groups in total. The summed E-state index contributed by atoms with van der Waals surface area (Å²) in [6, 6.07) is 4.37. The first-order chi connectivity index (χ1) is 8.43. The third-order valence-corrected chi connectivity index (χ3v) is 3.11. The van der Waals surface area contributed by atoms with Crippen LogP contribution in [0, 0.1) is 6.92 Å². The lowest BCUT2D eigenvalue weighted by Crippen LogP contribution is -2.13. The molecule has 0 aliphatic heterocycles. The molecule has 0 saturated heterocycles. The van der Waals surface area contributed by atoms with Gasteiger partial charge in [-0.1, -0.05) is 26.8 Å². The van der Waals surface area contributed by atoms with Gasteiger partial charge in [0.2, 0.25) is 0 Å². The van der Waals surface area contributed by atoms with Gasteiger partial charge in [-0.3, -0.25) is 0 Å². The lowest BCUT2D eigenvalue weighted by Gasteiger charge is -2.22. The largest absolute Gasteiger partial charge is 0.494 e. The third kappa shape index (κ3) is 2.26. The van der Waals surface area contributed by atoms with Crippen molar-refractivity contribution in [3.05, 3.63) is 42.0 Å². The van der Waals surface area contributed by atoms with E-state index < -0.39 is 0 Å². The fourth-order valence-electron chi connectivity index (χ4n) is 2.05. The van der Waals surface area contributed by atoms with Gasteiger partial charge in [-0.15, -0.1) is 0 Å². The smallest absolute Gasteiger partial charge is 0.145 e. The number of methoxy groups -OCH3 is 1. The van der Waals surface area contributed by atoms with E-state index in [4.69, 9.17) is 4.74 Å². The maximum Gasteiger partial charge on any atom is 0.145 e. The topological polar surface area (TPSA) is 27.1 Å². The Labute approximate surface area is 108 Å². The molecular formula is C15H20N2O. The highest BCUT2D eigenvalue weighted by molar-refractivity contribution is 5.55. The number of nitrogens with zero attached hydrogens (tertiary/aromatic N) is 2. The molecule has 1 aromatic heterocycles. The van der Waals surface area contributed by atoms with Crippen LogP contribution in [0.25, 0.3) is 5.69 Å². The zero-order valence-electron chi connectivity index (χ0n) is 11.7. The molecule has 0 unspecified atom stereocenters. The van der Waals surface area contributed by atoms with Crippen LogP contribution in [0.4, 0.5) is 0 Å². The molecule has 1 heterocycles. The normalized spacial score (nSPS) is 11.6. The lowest BCUT2D eigenvalue weighted by atomic mass is 9.85. The van der Waals surface area contributed by atoms with Crippen molar-refractivity contribution in [2.75, 3.05) is 7.11 Å². The number of aryl methyl sites for hydroxylation is 1. The molecule has 2 aromatic rings. The van der Waals surface area contributed by atoms with Crippen LogP contribution in [0.15, 0.2) is 30.9 Å². The van der Waals surface area contributed by atoms with Crippen LogP contribution in [-0.2, 0) is 5.41 Å². The van der Waals surface area contributed by atoms with Crippen LogP contribution in [0.1, 0.15) is 31.9 Å². The van der Waals surface area contributed by atoms with Crippen LogP contribution < -0.4 is 4.74 Å². The van der Waals surface area contributed by atoms with Gasteiger partial charge < -0.3 is 9.30 Å². The van der Waals surface area contributed by atoms with Gasteiger partial charge in [-0.25, -0.2) is 4.98 Å². The summed E-state index contributed by atoms with van der Waals surface area (Å²) in [5, 5.41) is 0. The number of ether oxygens (including phenoxy) is 1. The van der Waals surface area contributed by atoms with Crippen molar-refractivity contribution < 1.29 is 4.74 Å². The minimum Gasteiger partial charge on any atom is -0.494 e. The summed E-state index contributed by atoms with van der Waals surface area (Å²) >= 11 is 0. The first kappa shape index (κ1) is 12.7. The maximum absolute atomic E-state index is 5.52. The molecule has 0 saturated carbocycles. The quantitative estimate of drug-likeness (QED) is 0.808. The molecule has 3 nitrogen and oxygen atoms in total. The summed E-state index contributed by atoms with van der Waals surface area (Å²) in [4.78, 5) is 4.10. The van der Waals surface area contributed by atoms with E-state index in [1.54, 1.807) is 19.6 Å². The van der Waals surface area contributed by atoms with Crippen molar-refractivity contribution in [2.45, 2.75) is 33.1 Å². The number of benzene rings is 1. The van der Waals surface area contributed by atoms with Crippen molar-refractivity contribution in [2.24, 2.45) is 0 Å². The van der Waals surface area contributed by atoms with E-state index in [1.165, 1.54) is 5.56 Å². The van der Waals surface area contributed by atoms with Gasteiger partial charge >= 0.3 is 0 Å². The number of imidazole rings is 1. The molecule has 18 heavy (non-hydrogen) atoms. The van der Waals surface area contributed by atoms with E-state index in [-0.39, 0.29) is 5.41 Å². The molecule has 2 rings (SSSR count). The van der Waals surface area contributed by atoms with Crippen LogP contribution in [0.3, 0.4) is 0 Å². The predicted octanol–water partition coefficient (Wildman–Crippen LogP) is 3.49. The summed E-state index contributed by atoms with van der Waals surface area (Å²) in [7, 11) is 1.71. The molecule has 0 amide bonds. The minimum atomic E-state index is 0.117. The zero-order chi connectivity index (χ0) is 13.3. The molecular weight excluding hydrogens is 224 g/mol. The molecule has 0 aliphatic carbocycles. The van der Waals surface area contributed by atoms with E-state index in [9.17, 15) is 0 Å². The van der Waals surface area contributed by atoms with Crippen LogP contribution in [0.5, 0.6) is 5.75 Å². The predicted molar refractivity (Wildman–Crippen MR) is 73.6 cm³/mol. The Kier molecular flexibility index (Phi) is 3.16. The summed E-state index contributed by atoms with van der Waals surface area (Å²) in [6.07, 6.45) is 5.51. The second kappa shape index (κ2) is 4.48. The lowest BCUT2D eigenvalue weighted by molar-refractivity contribution is 0.409. The molecule has 0 radical (unpaired) electrons. The Morgan fingerprint density at radius 1 is 1.22 bits per heavy atom. The van der Waals surface area contributed by atoms with Gasteiger partial charge in [-0.2, -0.15) is 0 Å². The first-order valence-electron chi connectivity index (χ1n) is 6.11. The third-order valence-electron chi connectivity index (χ3n) is 3.11. The molecule has 0 aliphatic rings. The molecule has 0 bridgehead atoms. The van der Waals surface area contributed by atoms with Crippen molar-refractivity contribution in [3.8, 4) is 11.4 Å². The average Bonchev–Trinajstić information content (AvgIpc) is 2.79. The van der Waals surface area contributed by atoms with Crippen LogP contribution >= 0.6 is 0 Å². The highest BCUT2D eigenvalue weighted by Gasteiger charge is 2.18. The molecule has 1 aromatic carbocycles. The standard InChI is InChI=1S/C15H20N2O/c1-11-8-12(15(2,3)4)9-13(14(11)18-5)17-7-6-16-10-17/h6-10H,1-5H3. The van der Waals surface area contributed by atoms with Gasteiger partial charge in [-0.05, 0) is 29.5 Å². The second-order valence-electron chi connectivity index (χ2n) is 5.57. The zero-order valence-corrected chi connectivity index (χ0v) is 11.7. The average molecular weight is 244 g/mol. The van der Waals surface area contributed by atoms with Gasteiger partial charge in [0.05, 0.1) is 19.1 Å². The molecule has 0 spiro atoms. The highest BCUT2D eigenvalue weighted by Crippen LogP contribution is 2.33. The van der Waals surface area contributed by atoms with E-state index in [0.29, 0.717) is 0 Å². The van der Waals surface area contributed by atoms with Gasteiger partial charge in [0.25, 0.3) is 0 Å². The number of rotatable bonds is 2. The first-order valence-corrected chi connectivity index (χ1v) is 6.11. The Balaban J connectivity index is 2.66. The number of hydrogen-bond acceptors (Lipinski definition) is 2. The van der Waals surface area contributed by atoms with Crippen LogP contribution in [0.2, 0.25) is 0 Å². The monoisotopic (exact) mass is 244 g/mol.